The molecule has 21 heavy (non-hydrogen) atoms. The van der Waals surface area contributed by atoms with E-state index in [9.17, 15) is 0 Å². The lowest BCUT2D eigenvalue weighted by molar-refractivity contribution is 0.415. The van der Waals surface area contributed by atoms with Gasteiger partial charge in [0.2, 0.25) is 0 Å². The van der Waals surface area contributed by atoms with Crippen molar-refractivity contribution in [3.63, 3.8) is 0 Å². The van der Waals surface area contributed by atoms with Crippen LogP contribution < -0.4 is 15.4 Å². The largest absolute Gasteiger partial charge is 0.497 e. The molecule has 0 aliphatic heterocycles. The summed E-state index contributed by atoms with van der Waals surface area (Å²) in [6.07, 6.45) is 0. The summed E-state index contributed by atoms with van der Waals surface area (Å²) in [6, 6.07) is 13.6. The van der Waals surface area contributed by atoms with Crippen LogP contribution in [0.3, 0.4) is 0 Å². The monoisotopic (exact) mass is 320 g/mol. The van der Waals surface area contributed by atoms with Gasteiger partial charge in [0.15, 0.2) is 5.11 Å². The second kappa shape index (κ2) is 7.29. The third kappa shape index (κ3) is 4.62. The van der Waals surface area contributed by atoms with Gasteiger partial charge in [-0.1, -0.05) is 29.8 Å². The molecule has 0 aliphatic rings. The van der Waals surface area contributed by atoms with Gasteiger partial charge in [0.25, 0.3) is 0 Å². The predicted molar refractivity (Wildman–Crippen MR) is 92.2 cm³/mol. The third-order valence-electron chi connectivity index (χ3n) is 3.02. The number of nitrogens with one attached hydrogen (secondary N) is 2. The Balaban J connectivity index is 1.90. The van der Waals surface area contributed by atoms with E-state index in [-0.39, 0.29) is 0 Å². The molecule has 0 radical (unpaired) electrons. The van der Waals surface area contributed by atoms with E-state index < -0.39 is 0 Å². The summed E-state index contributed by atoms with van der Waals surface area (Å²) in [7, 11) is 1.64. The molecule has 0 saturated heterocycles. The van der Waals surface area contributed by atoms with Crippen LogP contribution in [0.1, 0.15) is 11.1 Å². The summed E-state index contributed by atoms with van der Waals surface area (Å²) in [5, 5.41) is 7.59. The molecule has 2 N–H and O–H groups in total. The van der Waals surface area contributed by atoms with Crippen LogP contribution in [-0.2, 0) is 6.54 Å². The van der Waals surface area contributed by atoms with Crippen LogP contribution in [0, 0.1) is 6.92 Å². The first-order valence-corrected chi connectivity index (χ1v) is 7.31. The SMILES string of the molecule is COc1cccc(NC(=S)NCc2ccc(C)c(Cl)c2)c1. The van der Waals surface area contributed by atoms with E-state index in [4.69, 9.17) is 28.6 Å². The molecule has 0 aliphatic carbocycles. The molecule has 2 rings (SSSR count). The van der Waals surface area contributed by atoms with Gasteiger partial charge in [-0.15, -0.1) is 0 Å². The maximum Gasteiger partial charge on any atom is 0.171 e. The highest BCUT2D eigenvalue weighted by Gasteiger charge is 2.01. The van der Waals surface area contributed by atoms with E-state index in [1.165, 1.54) is 0 Å². The first-order valence-electron chi connectivity index (χ1n) is 6.52. The van der Waals surface area contributed by atoms with Crippen molar-refractivity contribution in [2.45, 2.75) is 13.5 Å². The lowest BCUT2D eigenvalue weighted by Gasteiger charge is -2.12. The van der Waals surface area contributed by atoms with Crippen LogP contribution >= 0.6 is 23.8 Å². The highest BCUT2D eigenvalue weighted by atomic mass is 35.5. The molecule has 0 fully saturated rings. The highest BCUT2D eigenvalue weighted by molar-refractivity contribution is 7.80. The van der Waals surface area contributed by atoms with Crippen LogP contribution in [-0.4, -0.2) is 12.2 Å². The van der Waals surface area contributed by atoms with Gasteiger partial charge < -0.3 is 15.4 Å². The number of halogens is 1. The number of benzene rings is 2. The van der Waals surface area contributed by atoms with E-state index in [2.05, 4.69) is 10.6 Å². The Morgan fingerprint density at radius 1 is 1.24 bits per heavy atom. The Morgan fingerprint density at radius 3 is 2.76 bits per heavy atom. The van der Waals surface area contributed by atoms with Crippen molar-refractivity contribution in [3.05, 3.63) is 58.6 Å². The molecule has 0 unspecified atom stereocenters. The van der Waals surface area contributed by atoms with Crippen molar-refractivity contribution in [3.8, 4) is 5.75 Å². The zero-order valence-corrected chi connectivity index (χ0v) is 13.5. The van der Waals surface area contributed by atoms with Crippen LogP contribution in [0.2, 0.25) is 5.02 Å². The smallest absolute Gasteiger partial charge is 0.171 e. The van der Waals surface area contributed by atoms with E-state index in [0.29, 0.717) is 11.7 Å². The first-order chi connectivity index (χ1) is 10.1. The predicted octanol–water partition coefficient (Wildman–Crippen LogP) is 4.14. The Kier molecular flexibility index (Phi) is 5.42. The normalized spacial score (nSPS) is 10.0. The third-order valence-corrected chi connectivity index (χ3v) is 3.67. The van der Waals surface area contributed by atoms with Crippen molar-refractivity contribution in [1.29, 1.82) is 0 Å². The van der Waals surface area contributed by atoms with Gasteiger partial charge >= 0.3 is 0 Å². The van der Waals surface area contributed by atoms with Gasteiger partial charge in [-0.25, -0.2) is 0 Å². The standard InChI is InChI=1S/C16H17ClN2OS/c1-11-6-7-12(8-15(11)17)10-18-16(21)19-13-4-3-5-14(9-13)20-2/h3-9H,10H2,1-2H3,(H2,18,19,21). The minimum atomic E-state index is 0.556. The van der Waals surface area contributed by atoms with Gasteiger partial charge in [-0.3, -0.25) is 0 Å². The molecule has 5 heteroatoms. The molecule has 0 aromatic heterocycles. The topological polar surface area (TPSA) is 33.3 Å². The van der Waals surface area contributed by atoms with Crippen molar-refractivity contribution in [2.24, 2.45) is 0 Å². The molecule has 0 spiro atoms. The van der Waals surface area contributed by atoms with E-state index >= 15 is 0 Å². The maximum atomic E-state index is 6.10. The van der Waals surface area contributed by atoms with Crippen molar-refractivity contribution in [2.75, 3.05) is 12.4 Å². The van der Waals surface area contributed by atoms with Crippen LogP contribution in [0.15, 0.2) is 42.5 Å². The summed E-state index contributed by atoms with van der Waals surface area (Å²) in [4.78, 5) is 0. The van der Waals surface area contributed by atoms with Gasteiger partial charge in [-0.2, -0.15) is 0 Å². The lowest BCUT2D eigenvalue weighted by Crippen LogP contribution is -2.27. The van der Waals surface area contributed by atoms with Gasteiger partial charge in [-0.05, 0) is 48.5 Å². The number of rotatable bonds is 4. The van der Waals surface area contributed by atoms with Gasteiger partial charge in [0.1, 0.15) is 5.75 Å². The average Bonchev–Trinajstić information content (AvgIpc) is 2.48. The number of ether oxygens (including phenoxy) is 1. The van der Waals surface area contributed by atoms with Crippen molar-refractivity contribution < 1.29 is 4.74 Å². The molecular formula is C16H17ClN2OS. The lowest BCUT2D eigenvalue weighted by atomic mass is 10.1. The molecule has 0 bridgehead atoms. The summed E-state index contributed by atoms with van der Waals surface area (Å²) in [5.74, 6) is 0.785. The Bertz CT molecular complexity index is 646. The second-order valence-corrected chi connectivity index (χ2v) is 5.44. The molecule has 2 aromatic carbocycles. The van der Waals surface area contributed by atoms with E-state index in [0.717, 1.165) is 27.6 Å². The number of methoxy groups -OCH3 is 1. The molecule has 0 saturated carbocycles. The van der Waals surface area contributed by atoms with Crippen molar-refractivity contribution in [1.82, 2.24) is 5.32 Å². The molecular weight excluding hydrogens is 304 g/mol. The number of hydrogen-bond acceptors (Lipinski definition) is 2. The fourth-order valence-electron chi connectivity index (χ4n) is 1.80. The van der Waals surface area contributed by atoms with Crippen LogP contribution in [0.25, 0.3) is 0 Å². The Morgan fingerprint density at radius 2 is 2.05 bits per heavy atom. The van der Waals surface area contributed by atoms with Gasteiger partial charge in [0.05, 0.1) is 7.11 Å². The number of aryl methyl sites for hydroxylation is 1. The number of thiocarbonyl (C=S) groups is 1. The molecule has 3 nitrogen and oxygen atoms in total. The Labute approximate surface area is 135 Å². The number of anilines is 1. The molecule has 0 amide bonds. The van der Waals surface area contributed by atoms with Crippen molar-refractivity contribution >= 4 is 34.6 Å². The molecule has 2 aromatic rings. The minimum absolute atomic E-state index is 0.556. The quantitative estimate of drug-likeness (QED) is 0.829. The van der Waals surface area contributed by atoms with E-state index in [1.54, 1.807) is 7.11 Å². The first kappa shape index (κ1) is 15.6. The summed E-state index contributed by atoms with van der Waals surface area (Å²) in [5.41, 5.74) is 3.03. The summed E-state index contributed by atoms with van der Waals surface area (Å²) < 4.78 is 5.17. The Hall–Kier alpha value is -1.78. The molecule has 0 atom stereocenters. The summed E-state index contributed by atoms with van der Waals surface area (Å²) >= 11 is 11.4. The van der Waals surface area contributed by atoms with Crippen LogP contribution in [0.4, 0.5) is 5.69 Å². The van der Waals surface area contributed by atoms with Crippen LogP contribution in [0.5, 0.6) is 5.75 Å². The molecule has 0 heterocycles. The number of hydrogen-bond donors (Lipinski definition) is 2. The zero-order valence-electron chi connectivity index (χ0n) is 11.9. The zero-order chi connectivity index (χ0) is 15.2. The fraction of sp³-hybridized carbons (Fsp3) is 0.188. The van der Waals surface area contributed by atoms with E-state index in [1.807, 2.05) is 49.4 Å². The minimum Gasteiger partial charge on any atom is -0.497 e. The highest BCUT2D eigenvalue weighted by Crippen LogP contribution is 2.17. The summed E-state index contributed by atoms with van der Waals surface area (Å²) in [6.45, 7) is 2.60. The van der Waals surface area contributed by atoms with Gasteiger partial charge in [0, 0.05) is 23.3 Å². The molecule has 110 valence electrons. The maximum absolute atomic E-state index is 6.10. The fourth-order valence-corrected chi connectivity index (χ4v) is 2.20. The second-order valence-electron chi connectivity index (χ2n) is 4.62. The average molecular weight is 321 g/mol.